The van der Waals surface area contributed by atoms with Gasteiger partial charge in [0, 0.05) is 12.1 Å². The summed E-state index contributed by atoms with van der Waals surface area (Å²) in [6.45, 7) is 0.664. The van der Waals surface area contributed by atoms with Crippen molar-refractivity contribution in [3.8, 4) is 0 Å². The maximum Gasteiger partial charge on any atom is 0.269 e. The Morgan fingerprint density at radius 2 is 2.10 bits per heavy atom. The zero-order chi connectivity index (χ0) is 14.6. The van der Waals surface area contributed by atoms with Crippen molar-refractivity contribution >= 4 is 11.6 Å². The number of hydrazine groups is 1. The molecular formula is C14H23N5O. The third-order valence-corrected chi connectivity index (χ3v) is 4.22. The van der Waals surface area contributed by atoms with Crippen LogP contribution in [0.5, 0.6) is 0 Å². The Bertz CT molecular complexity index is 451. The van der Waals surface area contributed by atoms with E-state index in [9.17, 15) is 4.79 Å². The number of carbonyl (C=O) groups is 1. The number of nitrogens with zero attached hydrogens (tertiary/aromatic N) is 2. The number of rotatable bonds is 5. The van der Waals surface area contributed by atoms with Crippen LogP contribution < -0.4 is 16.6 Å². The maximum absolute atomic E-state index is 12.1. The summed E-state index contributed by atoms with van der Waals surface area (Å²) in [6, 6.07) is 3.40. The molecule has 4 N–H and O–H groups in total. The molecule has 0 saturated heterocycles. The van der Waals surface area contributed by atoms with Crippen LogP contribution in [-0.4, -0.2) is 42.0 Å². The van der Waals surface area contributed by atoms with Gasteiger partial charge in [0.1, 0.15) is 5.69 Å². The molecule has 0 atom stereocenters. The summed E-state index contributed by atoms with van der Waals surface area (Å²) in [5.41, 5.74) is 3.68. The first-order valence-corrected chi connectivity index (χ1v) is 6.96. The van der Waals surface area contributed by atoms with E-state index in [1.807, 2.05) is 0 Å². The van der Waals surface area contributed by atoms with E-state index in [4.69, 9.17) is 5.84 Å². The number of pyridine rings is 1. The first kappa shape index (κ1) is 14.7. The third kappa shape index (κ3) is 3.08. The lowest BCUT2D eigenvalue weighted by molar-refractivity contribution is 0.0895. The van der Waals surface area contributed by atoms with E-state index in [1.165, 1.54) is 12.8 Å². The van der Waals surface area contributed by atoms with Crippen molar-refractivity contribution in [1.29, 1.82) is 0 Å². The van der Waals surface area contributed by atoms with E-state index in [0.29, 0.717) is 17.9 Å². The number of amides is 1. The molecule has 6 nitrogen and oxygen atoms in total. The quantitative estimate of drug-likeness (QED) is 0.552. The molecule has 2 rings (SSSR count). The number of aromatic nitrogens is 1. The highest BCUT2D eigenvalue weighted by Gasteiger charge is 2.36. The maximum atomic E-state index is 12.1. The van der Waals surface area contributed by atoms with Gasteiger partial charge in [0.2, 0.25) is 0 Å². The molecule has 1 saturated carbocycles. The standard InChI is InChI=1S/C14H23N5O/c1-19(2)14(7-3-4-8-14)10-17-13(20)12-6-5-11(18-15)9-16-12/h5-6,9,18H,3-4,7-8,10,15H2,1-2H3,(H,17,20). The van der Waals surface area contributed by atoms with Gasteiger partial charge in [-0.25, -0.2) is 4.98 Å². The minimum absolute atomic E-state index is 0.0917. The van der Waals surface area contributed by atoms with Crippen molar-refractivity contribution in [3.05, 3.63) is 24.0 Å². The summed E-state index contributed by atoms with van der Waals surface area (Å²) < 4.78 is 0. The van der Waals surface area contributed by atoms with Gasteiger partial charge in [0.15, 0.2) is 0 Å². The molecule has 0 bridgehead atoms. The van der Waals surface area contributed by atoms with Crippen LogP contribution in [-0.2, 0) is 0 Å². The van der Waals surface area contributed by atoms with Gasteiger partial charge in [-0.05, 0) is 39.1 Å². The van der Waals surface area contributed by atoms with E-state index in [2.05, 4.69) is 34.7 Å². The summed E-state index contributed by atoms with van der Waals surface area (Å²) in [5.74, 6) is 5.13. The number of nitrogens with two attached hydrogens (primary N) is 1. The minimum Gasteiger partial charge on any atom is -0.349 e. The normalized spacial score (nSPS) is 17.2. The number of nitrogens with one attached hydrogen (secondary N) is 2. The molecule has 1 amide bonds. The molecule has 1 aromatic heterocycles. The molecule has 6 heteroatoms. The Balaban J connectivity index is 1.97. The van der Waals surface area contributed by atoms with Crippen molar-refractivity contribution in [3.63, 3.8) is 0 Å². The molecule has 0 radical (unpaired) electrons. The lowest BCUT2D eigenvalue weighted by Gasteiger charge is -2.36. The SMILES string of the molecule is CN(C)C1(CNC(=O)c2ccc(NN)cn2)CCCC1. The Morgan fingerprint density at radius 3 is 2.60 bits per heavy atom. The van der Waals surface area contributed by atoms with E-state index in [0.717, 1.165) is 12.8 Å². The average molecular weight is 277 g/mol. The highest BCUT2D eigenvalue weighted by Crippen LogP contribution is 2.33. The van der Waals surface area contributed by atoms with Gasteiger partial charge in [-0.15, -0.1) is 0 Å². The first-order valence-electron chi connectivity index (χ1n) is 6.96. The van der Waals surface area contributed by atoms with Crippen LogP contribution in [0.2, 0.25) is 0 Å². The molecule has 0 spiro atoms. The molecule has 110 valence electrons. The molecule has 20 heavy (non-hydrogen) atoms. The molecular weight excluding hydrogens is 254 g/mol. The van der Waals surface area contributed by atoms with Crippen molar-refractivity contribution in [1.82, 2.24) is 15.2 Å². The van der Waals surface area contributed by atoms with Crippen molar-refractivity contribution in [2.75, 3.05) is 26.1 Å². The summed E-state index contributed by atoms with van der Waals surface area (Å²) in [4.78, 5) is 18.4. The van der Waals surface area contributed by atoms with Crippen molar-refractivity contribution < 1.29 is 4.79 Å². The Morgan fingerprint density at radius 1 is 1.40 bits per heavy atom. The molecule has 1 aliphatic carbocycles. The van der Waals surface area contributed by atoms with Gasteiger partial charge in [0.25, 0.3) is 5.91 Å². The molecule has 1 aromatic rings. The minimum atomic E-state index is -0.137. The van der Waals surface area contributed by atoms with Crippen LogP contribution in [0.25, 0.3) is 0 Å². The summed E-state index contributed by atoms with van der Waals surface area (Å²) >= 11 is 0. The Hall–Kier alpha value is -1.66. The second-order valence-corrected chi connectivity index (χ2v) is 5.59. The molecule has 1 fully saturated rings. The van der Waals surface area contributed by atoms with E-state index in [-0.39, 0.29) is 11.4 Å². The van der Waals surface area contributed by atoms with Gasteiger partial charge in [-0.1, -0.05) is 12.8 Å². The van der Waals surface area contributed by atoms with Crippen LogP contribution in [0.1, 0.15) is 36.2 Å². The number of hydrogen-bond donors (Lipinski definition) is 3. The van der Waals surface area contributed by atoms with Gasteiger partial charge in [0.05, 0.1) is 11.9 Å². The van der Waals surface area contributed by atoms with Gasteiger partial charge < -0.3 is 15.6 Å². The molecule has 1 heterocycles. The van der Waals surface area contributed by atoms with Gasteiger partial charge >= 0.3 is 0 Å². The van der Waals surface area contributed by atoms with Crippen molar-refractivity contribution in [2.45, 2.75) is 31.2 Å². The van der Waals surface area contributed by atoms with Crippen molar-refractivity contribution in [2.24, 2.45) is 5.84 Å². The van der Waals surface area contributed by atoms with E-state index < -0.39 is 0 Å². The van der Waals surface area contributed by atoms with Gasteiger partial charge in [-0.3, -0.25) is 10.6 Å². The lowest BCUT2D eigenvalue weighted by atomic mass is 9.96. The fourth-order valence-electron chi connectivity index (χ4n) is 2.76. The number of anilines is 1. The number of likely N-dealkylation sites (N-methyl/N-ethyl adjacent to an activating group) is 1. The highest BCUT2D eigenvalue weighted by atomic mass is 16.1. The monoisotopic (exact) mass is 277 g/mol. The van der Waals surface area contributed by atoms with Crippen LogP contribution in [0.15, 0.2) is 18.3 Å². The van der Waals surface area contributed by atoms with Crippen LogP contribution >= 0.6 is 0 Å². The molecule has 0 aromatic carbocycles. The van der Waals surface area contributed by atoms with E-state index in [1.54, 1.807) is 18.3 Å². The lowest BCUT2D eigenvalue weighted by Crippen LogP contribution is -2.50. The van der Waals surface area contributed by atoms with Gasteiger partial charge in [-0.2, -0.15) is 0 Å². The smallest absolute Gasteiger partial charge is 0.269 e. The topological polar surface area (TPSA) is 83.3 Å². The second kappa shape index (κ2) is 6.19. The third-order valence-electron chi connectivity index (χ3n) is 4.22. The first-order chi connectivity index (χ1) is 9.57. The fraction of sp³-hybridized carbons (Fsp3) is 0.571. The molecule has 1 aliphatic rings. The zero-order valence-corrected chi connectivity index (χ0v) is 12.1. The molecule has 0 aliphatic heterocycles. The summed E-state index contributed by atoms with van der Waals surface area (Å²) in [7, 11) is 4.16. The highest BCUT2D eigenvalue weighted by molar-refractivity contribution is 5.92. The number of hydrogen-bond acceptors (Lipinski definition) is 5. The predicted molar refractivity (Wildman–Crippen MR) is 79.3 cm³/mol. The summed E-state index contributed by atoms with van der Waals surface area (Å²) in [6.07, 6.45) is 6.26. The zero-order valence-electron chi connectivity index (χ0n) is 12.1. The number of nitrogen functional groups attached to an aromatic ring is 1. The van der Waals surface area contributed by atoms with Crippen LogP contribution in [0.3, 0.4) is 0 Å². The van der Waals surface area contributed by atoms with Crippen LogP contribution in [0, 0.1) is 0 Å². The molecule has 0 unspecified atom stereocenters. The number of carbonyl (C=O) groups excluding carboxylic acids is 1. The largest absolute Gasteiger partial charge is 0.349 e. The summed E-state index contributed by atoms with van der Waals surface area (Å²) in [5, 5.41) is 3.01. The average Bonchev–Trinajstić information content (AvgIpc) is 2.95. The Kier molecular flexibility index (Phi) is 4.57. The Labute approximate surface area is 119 Å². The second-order valence-electron chi connectivity index (χ2n) is 5.59. The predicted octanol–water partition coefficient (Wildman–Crippen LogP) is 0.971. The van der Waals surface area contributed by atoms with Crippen LogP contribution in [0.4, 0.5) is 5.69 Å². The van der Waals surface area contributed by atoms with E-state index >= 15 is 0 Å². The fourth-order valence-corrected chi connectivity index (χ4v) is 2.76.